The van der Waals surface area contributed by atoms with E-state index in [1.807, 2.05) is 0 Å². The van der Waals surface area contributed by atoms with E-state index in [2.05, 4.69) is 20.1 Å². The molecule has 5 nitrogen and oxygen atoms in total. The van der Waals surface area contributed by atoms with Crippen molar-refractivity contribution in [1.29, 1.82) is 0 Å². The van der Waals surface area contributed by atoms with Gasteiger partial charge in [0, 0.05) is 6.04 Å². The van der Waals surface area contributed by atoms with E-state index in [1.54, 1.807) is 12.1 Å². The van der Waals surface area contributed by atoms with Gasteiger partial charge in [-0.1, -0.05) is 12.1 Å². The molecule has 0 amide bonds. The Hall–Kier alpha value is -2.99. The van der Waals surface area contributed by atoms with Crippen LogP contribution < -0.4 is 0 Å². The van der Waals surface area contributed by atoms with E-state index in [4.69, 9.17) is 4.74 Å². The summed E-state index contributed by atoms with van der Waals surface area (Å²) in [7, 11) is 0. The number of piperidine rings is 1. The van der Waals surface area contributed by atoms with Crippen molar-refractivity contribution in [2.75, 3.05) is 0 Å². The topological polar surface area (TPSA) is 54.0 Å². The van der Waals surface area contributed by atoms with Gasteiger partial charge in [0.2, 0.25) is 0 Å². The number of nitrogens with one attached hydrogen (secondary N) is 1. The molecule has 3 aromatic rings. The minimum absolute atomic E-state index is 0.102. The lowest BCUT2D eigenvalue weighted by Crippen LogP contribution is -2.56. The smallest absolute Gasteiger partial charge is 0.371 e. The first kappa shape index (κ1) is 25.7. The number of ether oxygens (including phenoxy) is 1. The molecule has 2 aromatic carbocycles. The number of alkyl halides is 6. The summed E-state index contributed by atoms with van der Waals surface area (Å²) in [6.07, 6.45) is -6.38. The number of rotatable bonds is 6. The van der Waals surface area contributed by atoms with Crippen LogP contribution in [0.25, 0.3) is 0 Å². The van der Waals surface area contributed by atoms with Gasteiger partial charge in [0.05, 0.1) is 35.9 Å². The normalized spacial score (nSPS) is 24.5. The quantitative estimate of drug-likeness (QED) is 0.386. The van der Waals surface area contributed by atoms with Crippen LogP contribution in [-0.4, -0.2) is 32.2 Å². The first-order valence-electron chi connectivity index (χ1n) is 11.7. The molecule has 3 atom stereocenters. The molecular weight excluding hydrogens is 505 g/mol. The van der Waals surface area contributed by atoms with Gasteiger partial charge in [0.25, 0.3) is 0 Å². The predicted molar refractivity (Wildman–Crippen MR) is 117 cm³/mol. The summed E-state index contributed by atoms with van der Waals surface area (Å²) >= 11 is 0. The molecule has 2 bridgehead atoms. The van der Waals surface area contributed by atoms with Crippen LogP contribution in [0.5, 0.6) is 0 Å². The lowest BCUT2D eigenvalue weighted by atomic mass is 9.78. The number of hydrogen-bond donors (Lipinski definition) is 1. The van der Waals surface area contributed by atoms with E-state index in [0.717, 1.165) is 18.4 Å². The second-order valence-corrected chi connectivity index (χ2v) is 9.47. The van der Waals surface area contributed by atoms with Gasteiger partial charge in [-0.05, 0) is 67.1 Å². The fourth-order valence-corrected chi connectivity index (χ4v) is 5.73. The molecule has 2 aliphatic rings. The van der Waals surface area contributed by atoms with Gasteiger partial charge in [0.1, 0.15) is 18.0 Å². The molecule has 37 heavy (non-hydrogen) atoms. The maximum absolute atomic E-state index is 13.8. The average Bonchev–Trinajstić information content (AvgIpc) is 3.43. The number of halogens is 7. The van der Waals surface area contributed by atoms with E-state index in [9.17, 15) is 30.7 Å². The third-order valence-corrected chi connectivity index (χ3v) is 7.33. The fraction of sp³-hybridized carbons (Fsp3) is 0.440. The van der Waals surface area contributed by atoms with Gasteiger partial charge in [-0.15, -0.1) is 0 Å². The summed E-state index contributed by atoms with van der Waals surface area (Å²) < 4.78 is 100.0. The Balaban J connectivity index is 1.49. The number of fused-ring (bicyclic) bond motifs is 2. The minimum atomic E-state index is -4.94. The molecule has 0 saturated carbocycles. The van der Waals surface area contributed by atoms with E-state index >= 15 is 0 Å². The predicted octanol–water partition coefficient (Wildman–Crippen LogP) is 6.22. The van der Waals surface area contributed by atoms with Crippen molar-refractivity contribution in [3.8, 4) is 0 Å². The van der Waals surface area contributed by atoms with Crippen molar-refractivity contribution in [1.82, 2.24) is 20.1 Å². The van der Waals surface area contributed by atoms with Gasteiger partial charge in [-0.3, -0.25) is 10.00 Å². The summed E-state index contributed by atoms with van der Waals surface area (Å²) in [5.41, 5.74) is -2.99. The third kappa shape index (κ3) is 4.96. The second kappa shape index (κ2) is 9.39. The van der Waals surface area contributed by atoms with Gasteiger partial charge in [0.15, 0.2) is 0 Å². The van der Waals surface area contributed by atoms with Crippen molar-refractivity contribution < 1.29 is 35.5 Å². The zero-order valence-corrected chi connectivity index (χ0v) is 19.4. The number of H-pyrrole nitrogens is 1. The van der Waals surface area contributed by atoms with Gasteiger partial charge in [-0.2, -0.15) is 31.4 Å². The Morgan fingerprint density at radius 2 is 1.62 bits per heavy atom. The Kier molecular flexibility index (Phi) is 6.51. The van der Waals surface area contributed by atoms with Gasteiger partial charge < -0.3 is 4.74 Å². The van der Waals surface area contributed by atoms with Gasteiger partial charge in [-0.25, -0.2) is 9.37 Å². The molecule has 2 fully saturated rings. The molecule has 3 heterocycles. The molecule has 1 N–H and O–H groups in total. The minimum Gasteiger partial charge on any atom is -0.371 e. The number of aromatic amines is 1. The van der Waals surface area contributed by atoms with Crippen molar-refractivity contribution in [2.24, 2.45) is 0 Å². The summed E-state index contributed by atoms with van der Waals surface area (Å²) in [6, 6.07) is 7.60. The highest BCUT2D eigenvalue weighted by Crippen LogP contribution is 2.52. The standard InChI is InChI=1S/C25H23F7N4O/c26-19-3-1-16(2-4-19)23-8-7-20(36(23)12-22-33-14-34-35-22)5-6-21(23)37-13-15-9-17(24(27,28)29)11-18(10-15)25(30,31)32/h1-4,9-11,14,20-21H,5-8,12-13H2,(H,33,34,35)/t20-,21+,23+/m0/s1. The fourth-order valence-electron chi connectivity index (χ4n) is 5.73. The number of aromatic nitrogens is 3. The number of hydrogen-bond acceptors (Lipinski definition) is 4. The summed E-state index contributed by atoms with van der Waals surface area (Å²) in [5.74, 6) is 0.181. The molecule has 5 rings (SSSR count). The van der Waals surface area contributed by atoms with E-state index < -0.39 is 47.5 Å². The zero-order valence-electron chi connectivity index (χ0n) is 19.4. The monoisotopic (exact) mass is 528 g/mol. The third-order valence-electron chi connectivity index (χ3n) is 7.33. The highest BCUT2D eigenvalue weighted by atomic mass is 19.4. The molecule has 2 saturated heterocycles. The Labute approximate surface area is 207 Å². The van der Waals surface area contributed by atoms with Crippen molar-refractivity contribution in [3.05, 3.63) is 82.7 Å². The summed E-state index contributed by atoms with van der Waals surface area (Å²) in [6.45, 7) is -0.0644. The van der Waals surface area contributed by atoms with Crippen LogP contribution in [0.3, 0.4) is 0 Å². The van der Waals surface area contributed by atoms with Crippen LogP contribution in [0.2, 0.25) is 0 Å². The Morgan fingerprint density at radius 1 is 0.946 bits per heavy atom. The van der Waals surface area contributed by atoms with Crippen molar-refractivity contribution in [3.63, 3.8) is 0 Å². The van der Waals surface area contributed by atoms with Crippen LogP contribution in [0, 0.1) is 5.82 Å². The van der Waals surface area contributed by atoms with Crippen molar-refractivity contribution >= 4 is 0 Å². The molecule has 12 heteroatoms. The van der Waals surface area contributed by atoms with Crippen molar-refractivity contribution in [2.45, 2.75) is 68.9 Å². The number of benzene rings is 2. The number of nitrogens with zero attached hydrogens (tertiary/aromatic N) is 3. The van der Waals surface area contributed by atoms with Crippen LogP contribution in [-0.2, 0) is 35.8 Å². The van der Waals surface area contributed by atoms with E-state index in [1.165, 1.54) is 18.5 Å². The van der Waals surface area contributed by atoms with Crippen LogP contribution in [0.4, 0.5) is 30.7 Å². The summed E-state index contributed by atoms with van der Waals surface area (Å²) in [5, 5.41) is 6.72. The lowest BCUT2D eigenvalue weighted by molar-refractivity contribution is -0.143. The summed E-state index contributed by atoms with van der Waals surface area (Å²) in [4.78, 5) is 6.39. The lowest BCUT2D eigenvalue weighted by Gasteiger charge is -2.49. The zero-order chi connectivity index (χ0) is 26.4. The average molecular weight is 528 g/mol. The molecule has 198 valence electrons. The molecule has 0 unspecified atom stereocenters. The molecule has 0 spiro atoms. The largest absolute Gasteiger partial charge is 0.416 e. The molecule has 2 aliphatic heterocycles. The van der Waals surface area contributed by atoms with E-state index in [-0.39, 0.29) is 17.7 Å². The van der Waals surface area contributed by atoms with Crippen LogP contribution in [0.1, 0.15) is 53.8 Å². The molecular formula is C25H23F7N4O. The molecule has 1 aromatic heterocycles. The van der Waals surface area contributed by atoms with Gasteiger partial charge >= 0.3 is 12.4 Å². The molecule has 0 aliphatic carbocycles. The molecule has 0 radical (unpaired) electrons. The Bertz CT molecular complexity index is 1200. The SMILES string of the molecule is Fc1ccc([C@]23CC[C@H](CC[C@H]2OCc2cc(C(F)(F)F)cc(C(F)(F)F)c2)N3Cc2ncn[nH]2)cc1. The Morgan fingerprint density at radius 3 is 2.22 bits per heavy atom. The van der Waals surface area contributed by atoms with Crippen LogP contribution in [0.15, 0.2) is 48.8 Å². The first-order valence-corrected chi connectivity index (χ1v) is 11.7. The maximum atomic E-state index is 13.8. The maximum Gasteiger partial charge on any atom is 0.416 e. The highest BCUT2D eigenvalue weighted by molar-refractivity contribution is 5.34. The second-order valence-electron chi connectivity index (χ2n) is 9.47. The van der Waals surface area contributed by atoms with E-state index in [0.29, 0.717) is 37.3 Å². The highest BCUT2D eigenvalue weighted by Gasteiger charge is 2.56. The van der Waals surface area contributed by atoms with Crippen LogP contribution >= 0.6 is 0 Å². The first-order chi connectivity index (χ1) is 17.5.